The second-order valence-electron chi connectivity index (χ2n) is 22.5. The minimum absolute atomic E-state index is 0.116. The number of anilines is 8. The maximum Gasteiger partial charge on any atom is 0.171 e. The van der Waals surface area contributed by atoms with Crippen LogP contribution in [0.3, 0.4) is 0 Å². The number of halogens is 2. The smallest absolute Gasteiger partial charge is 0.171 e. The van der Waals surface area contributed by atoms with Crippen molar-refractivity contribution >= 4 is 106 Å². The van der Waals surface area contributed by atoms with E-state index in [-0.39, 0.29) is 17.1 Å². The molecule has 3 aliphatic carbocycles. The molecule has 5 nitrogen and oxygen atoms in total. The molecule has 4 aliphatic rings. The first-order valence-electron chi connectivity index (χ1n) is 28.7. The van der Waals surface area contributed by atoms with Gasteiger partial charge in [-0.15, -0.1) is 0 Å². The highest BCUT2D eigenvalue weighted by atomic mass is 19.1. The minimum atomic E-state index is -0.947. The number of allylic oxidation sites excluding steroid dienone is 7. The van der Waals surface area contributed by atoms with Crippen LogP contribution in [0.2, 0.25) is 0 Å². The van der Waals surface area contributed by atoms with E-state index in [0.29, 0.717) is 11.2 Å². The highest BCUT2D eigenvalue weighted by molar-refractivity contribution is 6.16. The molecule has 17 rings (SSSR count). The lowest BCUT2D eigenvalue weighted by atomic mass is 9.62. The molecule has 1 unspecified atom stereocenters. The van der Waals surface area contributed by atoms with Crippen molar-refractivity contribution < 1.29 is 17.6 Å². The Kier molecular flexibility index (Phi) is 10.5. The van der Waals surface area contributed by atoms with Crippen molar-refractivity contribution in [1.82, 2.24) is 0 Å². The highest BCUT2D eigenvalue weighted by Crippen LogP contribution is 2.68. The third kappa shape index (κ3) is 6.63. The molecule has 84 heavy (non-hydrogen) atoms. The van der Waals surface area contributed by atoms with Gasteiger partial charge in [0.2, 0.25) is 0 Å². The summed E-state index contributed by atoms with van der Waals surface area (Å²) in [4.78, 5) is 7.17. The highest BCUT2D eigenvalue weighted by Gasteiger charge is 2.56. The van der Waals surface area contributed by atoms with Crippen LogP contribution in [0, 0.1) is 31.4 Å². The van der Waals surface area contributed by atoms with Crippen LogP contribution in [-0.2, 0) is 5.41 Å². The maximum absolute atomic E-state index is 15.9. The standard InChI is InChI=1S/C77H51F2N3O2/c1-46-22-6-14-38-63(46)81(67-42-20-32-55-53-30-18-36-61(78)73(53)83-75(55)67)69-44-59-71(51-28-10-8-26-49(51)69)72-52-29-11-9-27-50(52)70(82(64-39-15-7-23-47(64)2)68-43-21-33-56-54-31-19-37-62(79)74(54)84-76(56)68)45-60(72)77(59)57-34-12-16-40-65(57)80(48-24-4-3-5-25-48)66-41-17-13-35-58(66)77/h3-28,30-45,52H,29H2,1-2H3. The normalized spacial score (nSPS) is 15.6. The first-order valence-corrected chi connectivity index (χ1v) is 28.7. The summed E-state index contributed by atoms with van der Waals surface area (Å²) in [5, 5.41) is 5.30. The molecule has 7 heteroatoms. The maximum atomic E-state index is 15.9. The Hall–Kier alpha value is -10.5. The number of hydrogen-bond donors (Lipinski definition) is 0. The summed E-state index contributed by atoms with van der Waals surface area (Å²) in [7, 11) is 0. The van der Waals surface area contributed by atoms with Crippen LogP contribution in [0.15, 0.2) is 281 Å². The molecule has 1 aliphatic heterocycles. The lowest BCUT2D eigenvalue weighted by Gasteiger charge is -2.47. The zero-order valence-electron chi connectivity index (χ0n) is 45.9. The molecule has 0 saturated carbocycles. The summed E-state index contributed by atoms with van der Waals surface area (Å²) in [6, 6.07) is 79.9. The fraction of sp³-hybridized carbons (Fsp3) is 0.0649. The van der Waals surface area contributed by atoms with Gasteiger partial charge in [-0.05, 0) is 149 Å². The van der Waals surface area contributed by atoms with E-state index in [1.165, 1.54) is 34.4 Å². The Morgan fingerprint density at radius 2 is 0.940 bits per heavy atom. The summed E-state index contributed by atoms with van der Waals surface area (Å²) in [6.45, 7) is 4.32. The zero-order valence-corrected chi connectivity index (χ0v) is 45.9. The fourth-order valence-electron chi connectivity index (χ4n) is 14.7. The second-order valence-corrected chi connectivity index (χ2v) is 22.5. The lowest BCUT2D eigenvalue weighted by Crippen LogP contribution is -2.38. The van der Waals surface area contributed by atoms with Crippen molar-refractivity contribution in [2.75, 3.05) is 14.7 Å². The summed E-state index contributed by atoms with van der Waals surface area (Å²) < 4.78 is 45.4. The van der Waals surface area contributed by atoms with Gasteiger partial charge in [-0.25, -0.2) is 8.78 Å². The summed E-state index contributed by atoms with van der Waals surface area (Å²) in [5.74, 6) is -0.917. The van der Waals surface area contributed by atoms with E-state index in [2.05, 4.69) is 235 Å². The number of rotatable bonds is 7. The molecule has 0 bridgehead atoms. The molecule has 1 spiro atoms. The molecule has 0 N–H and O–H groups in total. The van der Waals surface area contributed by atoms with Gasteiger partial charge in [0, 0.05) is 49.9 Å². The largest absolute Gasteiger partial charge is 0.451 e. The summed E-state index contributed by atoms with van der Waals surface area (Å²) in [6.07, 6.45) is 10.1. The third-order valence-electron chi connectivity index (χ3n) is 18.2. The number of para-hydroxylation sites is 9. The van der Waals surface area contributed by atoms with E-state index >= 15 is 8.78 Å². The van der Waals surface area contributed by atoms with E-state index in [1.807, 2.05) is 24.3 Å². The Morgan fingerprint density at radius 1 is 0.452 bits per heavy atom. The van der Waals surface area contributed by atoms with Crippen molar-refractivity contribution in [2.24, 2.45) is 5.92 Å². The molecular weight excluding hydrogens is 1040 g/mol. The number of nitrogens with zero attached hydrogens (tertiary/aromatic N) is 3. The van der Waals surface area contributed by atoms with Gasteiger partial charge in [-0.3, -0.25) is 0 Å². The predicted octanol–water partition coefficient (Wildman–Crippen LogP) is 21.1. The Morgan fingerprint density at radius 3 is 1.56 bits per heavy atom. The van der Waals surface area contributed by atoms with Gasteiger partial charge in [-0.1, -0.05) is 182 Å². The first kappa shape index (κ1) is 48.2. The zero-order chi connectivity index (χ0) is 55.9. The Bertz CT molecular complexity index is 5050. The van der Waals surface area contributed by atoms with Gasteiger partial charge in [0.1, 0.15) is 0 Å². The predicted molar refractivity (Wildman–Crippen MR) is 339 cm³/mol. The fourth-order valence-corrected chi connectivity index (χ4v) is 14.7. The van der Waals surface area contributed by atoms with Crippen LogP contribution in [0.5, 0.6) is 0 Å². The average molecular weight is 1090 g/mol. The molecule has 0 fully saturated rings. The van der Waals surface area contributed by atoms with Crippen molar-refractivity contribution in [2.45, 2.75) is 25.7 Å². The molecule has 400 valence electrons. The van der Waals surface area contributed by atoms with Gasteiger partial charge in [0.05, 0.1) is 39.5 Å². The molecular formula is C77H51F2N3O2. The first-order chi connectivity index (χ1) is 41.4. The molecule has 1 atom stereocenters. The number of aryl methyl sites for hydroxylation is 2. The summed E-state index contributed by atoms with van der Waals surface area (Å²) in [5.41, 5.74) is 19.9. The van der Waals surface area contributed by atoms with Gasteiger partial charge in [0.15, 0.2) is 34.0 Å². The molecule has 0 saturated heterocycles. The van der Waals surface area contributed by atoms with Crippen LogP contribution in [0.1, 0.15) is 39.8 Å². The van der Waals surface area contributed by atoms with Crippen LogP contribution in [0.25, 0.3) is 60.2 Å². The molecule has 0 radical (unpaired) electrons. The quantitative estimate of drug-likeness (QED) is 0.159. The lowest BCUT2D eigenvalue weighted by molar-refractivity contribution is 0.584. The van der Waals surface area contributed by atoms with E-state index in [9.17, 15) is 0 Å². The van der Waals surface area contributed by atoms with Crippen LogP contribution >= 0.6 is 0 Å². The average Bonchev–Trinajstić information content (AvgIpc) is 1.48. The Balaban J connectivity index is 1.03. The molecule has 11 aromatic carbocycles. The van der Waals surface area contributed by atoms with Crippen molar-refractivity contribution in [3.63, 3.8) is 0 Å². The molecule has 3 heterocycles. The molecule has 0 amide bonds. The van der Waals surface area contributed by atoms with Gasteiger partial charge >= 0.3 is 0 Å². The van der Waals surface area contributed by atoms with Crippen LogP contribution < -0.4 is 14.7 Å². The monoisotopic (exact) mass is 1090 g/mol. The van der Waals surface area contributed by atoms with Gasteiger partial charge < -0.3 is 23.5 Å². The number of benzene rings is 11. The van der Waals surface area contributed by atoms with Gasteiger partial charge in [0.25, 0.3) is 0 Å². The van der Waals surface area contributed by atoms with E-state index in [4.69, 9.17) is 8.83 Å². The number of hydrogen-bond acceptors (Lipinski definition) is 5. The van der Waals surface area contributed by atoms with E-state index < -0.39 is 17.0 Å². The number of fused-ring (bicyclic) bond motifs is 18. The number of furan rings is 2. The second kappa shape index (κ2) is 18.3. The molecule has 13 aromatic rings. The SMILES string of the molecule is Cc1ccccc1N(C1=CC2=C(c3c(cc(N(c4ccccc4C)c4cccc5c4oc4c(F)cccc45)c4ccccc34)C23c2ccccc2N(c2ccccc2)c2ccccc23)C2CC=CC=C12)c1cccc2c1oc1c(F)cccc12. The van der Waals surface area contributed by atoms with Crippen LogP contribution in [-0.4, -0.2) is 0 Å². The topological polar surface area (TPSA) is 36.0 Å². The summed E-state index contributed by atoms with van der Waals surface area (Å²) >= 11 is 0. The van der Waals surface area contributed by atoms with Crippen molar-refractivity contribution in [3.05, 3.63) is 317 Å². The Labute approximate surface area is 483 Å². The van der Waals surface area contributed by atoms with Crippen molar-refractivity contribution in [1.29, 1.82) is 0 Å². The van der Waals surface area contributed by atoms with Crippen LogP contribution in [0.4, 0.5) is 54.3 Å². The van der Waals surface area contributed by atoms with E-state index in [0.717, 1.165) is 118 Å². The third-order valence-corrected chi connectivity index (χ3v) is 18.2. The minimum Gasteiger partial charge on any atom is -0.451 e. The van der Waals surface area contributed by atoms with Crippen molar-refractivity contribution in [3.8, 4) is 0 Å². The molecule has 2 aromatic heterocycles. The van der Waals surface area contributed by atoms with E-state index in [1.54, 1.807) is 12.1 Å². The van der Waals surface area contributed by atoms with Gasteiger partial charge in [-0.2, -0.15) is 0 Å².